The number of hydrogen-bond donors (Lipinski definition) is 1. The topological polar surface area (TPSA) is 33.1 Å². The van der Waals surface area contributed by atoms with Gasteiger partial charge < -0.3 is 9.88 Å². The van der Waals surface area contributed by atoms with Crippen LogP contribution in [0.1, 0.15) is 11.4 Å². The molecule has 0 fully saturated rings. The minimum Gasteiger partial charge on any atom is -0.384 e. The molecule has 1 N–H and O–H groups in total. The van der Waals surface area contributed by atoms with E-state index in [-0.39, 0.29) is 0 Å². The second-order valence-electron chi connectivity index (χ2n) is 5.05. The summed E-state index contributed by atoms with van der Waals surface area (Å²) in [4.78, 5) is 6.84. The molecule has 0 unspecified atom stereocenters. The summed E-state index contributed by atoms with van der Waals surface area (Å²) in [6.45, 7) is 7.30. The van der Waals surface area contributed by atoms with Crippen LogP contribution in [0.25, 0.3) is 0 Å². The van der Waals surface area contributed by atoms with Gasteiger partial charge in [0.15, 0.2) is 0 Å². The van der Waals surface area contributed by atoms with E-state index in [4.69, 9.17) is 0 Å². The van der Waals surface area contributed by atoms with Gasteiger partial charge in [0.1, 0.15) is 5.82 Å². The van der Waals surface area contributed by atoms with Crippen LogP contribution in [0.15, 0.2) is 36.7 Å². The minimum absolute atomic E-state index is 0.961. The van der Waals surface area contributed by atoms with Crippen molar-refractivity contribution in [1.82, 2.24) is 14.5 Å². The van der Waals surface area contributed by atoms with Crippen molar-refractivity contribution in [3.8, 4) is 0 Å². The summed E-state index contributed by atoms with van der Waals surface area (Å²) in [5.41, 5.74) is 2.54. The van der Waals surface area contributed by atoms with Crippen molar-refractivity contribution in [2.24, 2.45) is 0 Å². The Morgan fingerprint density at radius 3 is 3.05 bits per heavy atom. The second-order valence-corrected chi connectivity index (χ2v) is 5.05. The van der Waals surface area contributed by atoms with Gasteiger partial charge in [-0.2, -0.15) is 0 Å². The maximum Gasteiger partial charge on any atom is 0.122 e. The molecular formula is C15H20N4. The number of rotatable bonds is 4. The van der Waals surface area contributed by atoms with Crippen molar-refractivity contribution in [1.29, 1.82) is 0 Å². The third kappa shape index (κ3) is 2.79. The fourth-order valence-corrected chi connectivity index (χ4v) is 2.53. The van der Waals surface area contributed by atoms with Crippen molar-refractivity contribution >= 4 is 5.69 Å². The number of fused-ring (bicyclic) bond motifs is 1. The van der Waals surface area contributed by atoms with Gasteiger partial charge in [0.2, 0.25) is 0 Å². The number of nitrogens with zero attached hydrogens (tertiary/aromatic N) is 3. The van der Waals surface area contributed by atoms with Gasteiger partial charge in [-0.05, 0) is 18.6 Å². The van der Waals surface area contributed by atoms with Crippen LogP contribution >= 0.6 is 0 Å². The van der Waals surface area contributed by atoms with Crippen LogP contribution in [0.4, 0.5) is 5.69 Å². The molecular weight excluding hydrogens is 236 g/mol. The molecule has 4 nitrogen and oxygen atoms in total. The molecule has 0 saturated heterocycles. The maximum atomic E-state index is 4.39. The van der Waals surface area contributed by atoms with E-state index in [1.54, 1.807) is 0 Å². The van der Waals surface area contributed by atoms with E-state index in [1.807, 2.05) is 6.20 Å². The van der Waals surface area contributed by atoms with Gasteiger partial charge >= 0.3 is 0 Å². The van der Waals surface area contributed by atoms with Gasteiger partial charge in [0, 0.05) is 44.3 Å². The maximum absolute atomic E-state index is 4.39. The largest absolute Gasteiger partial charge is 0.384 e. The summed E-state index contributed by atoms with van der Waals surface area (Å²) in [6.07, 6.45) is 3.96. The first-order valence-electron chi connectivity index (χ1n) is 6.85. The van der Waals surface area contributed by atoms with Gasteiger partial charge in [0.25, 0.3) is 0 Å². The standard InChI is InChI=1S/C15H20N4/c1-13-4-2-3-5-14(13)16-6-8-18-10-11-19-9-7-17-15(19)12-18/h2-5,7,9,16H,6,8,10-12H2,1H3. The van der Waals surface area contributed by atoms with Crippen LogP contribution < -0.4 is 5.32 Å². The Morgan fingerprint density at radius 2 is 2.16 bits per heavy atom. The predicted molar refractivity (Wildman–Crippen MR) is 77.2 cm³/mol. The summed E-state index contributed by atoms with van der Waals surface area (Å²) in [5, 5.41) is 3.51. The SMILES string of the molecule is Cc1ccccc1NCCN1CCn2ccnc2C1. The molecule has 19 heavy (non-hydrogen) atoms. The number of hydrogen-bond acceptors (Lipinski definition) is 3. The van der Waals surface area contributed by atoms with E-state index >= 15 is 0 Å². The molecule has 1 aromatic carbocycles. The predicted octanol–water partition coefficient (Wildman–Crippen LogP) is 2.12. The van der Waals surface area contributed by atoms with Gasteiger partial charge in [0.05, 0.1) is 6.54 Å². The Labute approximate surface area is 114 Å². The average molecular weight is 256 g/mol. The Bertz CT molecular complexity index is 547. The smallest absolute Gasteiger partial charge is 0.122 e. The number of benzene rings is 1. The molecule has 1 aliphatic rings. The number of aryl methyl sites for hydroxylation is 1. The monoisotopic (exact) mass is 256 g/mol. The molecule has 0 atom stereocenters. The van der Waals surface area contributed by atoms with E-state index in [0.717, 1.165) is 32.7 Å². The average Bonchev–Trinajstić information content (AvgIpc) is 2.88. The first-order valence-corrected chi connectivity index (χ1v) is 6.85. The van der Waals surface area contributed by atoms with E-state index in [1.165, 1.54) is 17.1 Å². The zero-order chi connectivity index (χ0) is 13.1. The quantitative estimate of drug-likeness (QED) is 0.909. The first kappa shape index (κ1) is 12.2. The Hall–Kier alpha value is -1.81. The lowest BCUT2D eigenvalue weighted by Gasteiger charge is -2.27. The highest BCUT2D eigenvalue weighted by Crippen LogP contribution is 2.13. The number of imidazole rings is 1. The first-order chi connectivity index (χ1) is 9.33. The zero-order valence-corrected chi connectivity index (χ0v) is 11.3. The molecule has 0 aliphatic carbocycles. The highest BCUT2D eigenvalue weighted by Gasteiger charge is 2.15. The highest BCUT2D eigenvalue weighted by molar-refractivity contribution is 5.50. The second kappa shape index (κ2) is 5.45. The lowest BCUT2D eigenvalue weighted by Crippen LogP contribution is -2.36. The normalized spacial score (nSPS) is 15.2. The van der Waals surface area contributed by atoms with Crippen LogP contribution in [0.5, 0.6) is 0 Å². The summed E-state index contributed by atoms with van der Waals surface area (Å²) >= 11 is 0. The molecule has 0 amide bonds. The molecule has 0 bridgehead atoms. The molecule has 1 aromatic heterocycles. The van der Waals surface area contributed by atoms with Crippen molar-refractivity contribution in [2.45, 2.75) is 20.0 Å². The summed E-state index contributed by atoms with van der Waals surface area (Å²) in [5.74, 6) is 1.18. The molecule has 2 heterocycles. The van der Waals surface area contributed by atoms with Gasteiger partial charge in [-0.3, -0.25) is 4.90 Å². The van der Waals surface area contributed by atoms with Crippen molar-refractivity contribution < 1.29 is 0 Å². The minimum atomic E-state index is 0.961. The highest BCUT2D eigenvalue weighted by atomic mass is 15.2. The van der Waals surface area contributed by atoms with Gasteiger partial charge in [-0.15, -0.1) is 0 Å². The fraction of sp³-hybridized carbons (Fsp3) is 0.400. The Morgan fingerprint density at radius 1 is 1.26 bits per heavy atom. The van der Waals surface area contributed by atoms with Gasteiger partial charge in [-0.25, -0.2) is 4.98 Å². The molecule has 100 valence electrons. The van der Waals surface area contributed by atoms with Crippen molar-refractivity contribution in [3.63, 3.8) is 0 Å². The van der Waals surface area contributed by atoms with E-state index in [0.29, 0.717) is 0 Å². The lowest BCUT2D eigenvalue weighted by molar-refractivity contribution is 0.225. The number of para-hydroxylation sites is 1. The fourth-order valence-electron chi connectivity index (χ4n) is 2.53. The third-order valence-corrected chi connectivity index (χ3v) is 3.71. The number of aromatic nitrogens is 2. The molecule has 2 aromatic rings. The lowest BCUT2D eigenvalue weighted by atomic mass is 10.2. The van der Waals surface area contributed by atoms with Crippen molar-refractivity contribution in [3.05, 3.63) is 48.0 Å². The molecule has 0 radical (unpaired) electrons. The molecule has 0 saturated carbocycles. The van der Waals surface area contributed by atoms with Crippen molar-refractivity contribution in [2.75, 3.05) is 25.0 Å². The summed E-state index contributed by atoms with van der Waals surface area (Å²) in [7, 11) is 0. The van der Waals surface area contributed by atoms with Gasteiger partial charge in [-0.1, -0.05) is 18.2 Å². The zero-order valence-electron chi connectivity index (χ0n) is 11.3. The summed E-state index contributed by atoms with van der Waals surface area (Å²) in [6, 6.07) is 8.43. The van der Waals surface area contributed by atoms with Crippen LogP contribution in [0.2, 0.25) is 0 Å². The molecule has 4 heteroatoms. The number of nitrogens with one attached hydrogen (secondary N) is 1. The molecule has 3 rings (SSSR count). The van der Waals surface area contributed by atoms with Crippen LogP contribution in [0.3, 0.4) is 0 Å². The van der Waals surface area contributed by atoms with E-state index in [9.17, 15) is 0 Å². The Kier molecular flexibility index (Phi) is 3.51. The summed E-state index contributed by atoms with van der Waals surface area (Å²) < 4.78 is 2.24. The third-order valence-electron chi connectivity index (χ3n) is 3.71. The van der Waals surface area contributed by atoms with Crippen LogP contribution in [-0.2, 0) is 13.1 Å². The van der Waals surface area contributed by atoms with Crippen LogP contribution in [0, 0.1) is 6.92 Å². The number of anilines is 1. The Balaban J connectivity index is 1.50. The molecule has 0 spiro atoms. The van der Waals surface area contributed by atoms with Crippen LogP contribution in [-0.4, -0.2) is 34.1 Å². The molecule has 1 aliphatic heterocycles. The van der Waals surface area contributed by atoms with E-state index in [2.05, 4.69) is 57.2 Å². The van der Waals surface area contributed by atoms with E-state index < -0.39 is 0 Å².